The van der Waals surface area contributed by atoms with E-state index in [2.05, 4.69) is 11.7 Å². The van der Waals surface area contributed by atoms with Crippen molar-refractivity contribution in [1.82, 2.24) is 4.57 Å². The molecule has 66 valence electrons. The van der Waals surface area contributed by atoms with Crippen LogP contribution in [0.15, 0.2) is 18.3 Å². The first kappa shape index (κ1) is 8.84. The molecule has 0 aliphatic rings. The zero-order valence-electron chi connectivity index (χ0n) is 7.41. The molecule has 1 aromatic rings. The number of rotatable bonds is 3. The van der Waals surface area contributed by atoms with Crippen LogP contribution >= 0.6 is 0 Å². The summed E-state index contributed by atoms with van der Waals surface area (Å²) in [7, 11) is 1.39. The molecule has 0 N–H and O–H groups in total. The van der Waals surface area contributed by atoms with Gasteiger partial charge in [-0.3, -0.25) is 0 Å². The standard InChI is InChI=1S/C9H13NO2/c1-3-6-10-7-4-5-8(10)9(11)12-2/h4-5,7H,3,6H2,1-2H3. The third-order valence-electron chi connectivity index (χ3n) is 1.69. The summed E-state index contributed by atoms with van der Waals surface area (Å²) in [5, 5.41) is 0. The Balaban J connectivity index is 2.83. The second kappa shape index (κ2) is 3.95. The molecule has 0 atom stereocenters. The van der Waals surface area contributed by atoms with Gasteiger partial charge < -0.3 is 9.30 Å². The van der Waals surface area contributed by atoms with Crippen molar-refractivity contribution in [2.75, 3.05) is 7.11 Å². The minimum Gasteiger partial charge on any atom is -0.464 e. The maximum Gasteiger partial charge on any atom is 0.354 e. The average Bonchev–Trinajstić information content (AvgIpc) is 2.52. The fourth-order valence-corrected chi connectivity index (χ4v) is 1.14. The van der Waals surface area contributed by atoms with Crippen molar-refractivity contribution in [2.45, 2.75) is 19.9 Å². The second-order valence-corrected chi connectivity index (χ2v) is 2.58. The van der Waals surface area contributed by atoms with Crippen LogP contribution in [0.2, 0.25) is 0 Å². The van der Waals surface area contributed by atoms with Gasteiger partial charge in [-0.05, 0) is 18.6 Å². The van der Waals surface area contributed by atoms with Gasteiger partial charge in [0.2, 0.25) is 0 Å². The number of hydrogen-bond donors (Lipinski definition) is 0. The lowest BCUT2D eigenvalue weighted by Gasteiger charge is -2.04. The van der Waals surface area contributed by atoms with E-state index in [9.17, 15) is 4.79 Å². The van der Waals surface area contributed by atoms with E-state index in [0.29, 0.717) is 5.69 Å². The third-order valence-corrected chi connectivity index (χ3v) is 1.69. The first-order valence-corrected chi connectivity index (χ1v) is 4.03. The third kappa shape index (κ3) is 1.67. The van der Waals surface area contributed by atoms with Crippen LogP contribution in [0, 0.1) is 0 Å². The predicted molar refractivity (Wildman–Crippen MR) is 46.1 cm³/mol. The van der Waals surface area contributed by atoms with Gasteiger partial charge in [-0.1, -0.05) is 6.92 Å². The summed E-state index contributed by atoms with van der Waals surface area (Å²) in [6.07, 6.45) is 2.90. The molecule has 0 saturated heterocycles. The highest BCUT2D eigenvalue weighted by Crippen LogP contribution is 2.04. The number of esters is 1. The highest BCUT2D eigenvalue weighted by molar-refractivity contribution is 5.87. The highest BCUT2D eigenvalue weighted by atomic mass is 16.5. The van der Waals surface area contributed by atoms with E-state index in [1.165, 1.54) is 7.11 Å². The van der Waals surface area contributed by atoms with Crippen LogP contribution in [-0.4, -0.2) is 17.6 Å². The average molecular weight is 167 g/mol. The van der Waals surface area contributed by atoms with Crippen LogP contribution < -0.4 is 0 Å². The second-order valence-electron chi connectivity index (χ2n) is 2.58. The molecule has 0 unspecified atom stereocenters. The quantitative estimate of drug-likeness (QED) is 0.641. The molecule has 1 aromatic heterocycles. The van der Waals surface area contributed by atoms with Gasteiger partial charge in [-0.2, -0.15) is 0 Å². The lowest BCUT2D eigenvalue weighted by atomic mass is 10.4. The van der Waals surface area contributed by atoms with Crippen molar-refractivity contribution in [3.05, 3.63) is 24.0 Å². The largest absolute Gasteiger partial charge is 0.464 e. The molecule has 0 aliphatic carbocycles. The van der Waals surface area contributed by atoms with Gasteiger partial charge in [0, 0.05) is 12.7 Å². The van der Waals surface area contributed by atoms with Crippen LogP contribution in [0.3, 0.4) is 0 Å². The molecule has 0 spiro atoms. The number of hydrogen-bond acceptors (Lipinski definition) is 2. The van der Waals surface area contributed by atoms with Crippen molar-refractivity contribution < 1.29 is 9.53 Å². The minimum atomic E-state index is -0.270. The molecule has 0 bridgehead atoms. The predicted octanol–water partition coefficient (Wildman–Crippen LogP) is 1.68. The van der Waals surface area contributed by atoms with Gasteiger partial charge in [0.05, 0.1) is 7.11 Å². The van der Waals surface area contributed by atoms with Crippen LogP contribution in [0.4, 0.5) is 0 Å². The van der Waals surface area contributed by atoms with Gasteiger partial charge in [-0.15, -0.1) is 0 Å². The molecule has 0 amide bonds. The Morgan fingerprint density at radius 1 is 1.67 bits per heavy atom. The van der Waals surface area contributed by atoms with Crippen LogP contribution in [0.25, 0.3) is 0 Å². The Morgan fingerprint density at radius 3 is 3.00 bits per heavy atom. The first-order valence-electron chi connectivity index (χ1n) is 4.03. The maximum atomic E-state index is 11.1. The monoisotopic (exact) mass is 167 g/mol. The fourth-order valence-electron chi connectivity index (χ4n) is 1.14. The Bertz CT molecular complexity index is 265. The molecule has 0 saturated carbocycles. The SMILES string of the molecule is CCCn1cccc1C(=O)OC. The molecule has 3 heteroatoms. The summed E-state index contributed by atoms with van der Waals surface area (Å²) in [6.45, 7) is 2.93. The number of methoxy groups -OCH3 is 1. The molecule has 1 rings (SSSR count). The van der Waals surface area contributed by atoms with E-state index in [0.717, 1.165) is 13.0 Å². The molecule has 1 heterocycles. The normalized spacial score (nSPS) is 9.83. The molecule has 0 fully saturated rings. The number of nitrogens with zero attached hydrogens (tertiary/aromatic N) is 1. The van der Waals surface area contributed by atoms with E-state index in [-0.39, 0.29) is 5.97 Å². The van der Waals surface area contributed by atoms with Crippen LogP contribution in [0.1, 0.15) is 23.8 Å². The highest BCUT2D eigenvalue weighted by Gasteiger charge is 2.08. The number of carbonyl (C=O) groups is 1. The molecule has 3 nitrogen and oxygen atoms in total. The minimum absolute atomic E-state index is 0.270. The van der Waals surface area contributed by atoms with E-state index >= 15 is 0 Å². The number of aromatic nitrogens is 1. The summed E-state index contributed by atoms with van der Waals surface area (Å²) >= 11 is 0. The smallest absolute Gasteiger partial charge is 0.354 e. The topological polar surface area (TPSA) is 31.2 Å². The number of aryl methyl sites for hydroxylation is 1. The Labute approximate surface area is 72.0 Å². The zero-order valence-corrected chi connectivity index (χ0v) is 7.41. The first-order chi connectivity index (χ1) is 5.79. The molecule has 0 aliphatic heterocycles. The molecular weight excluding hydrogens is 154 g/mol. The van der Waals surface area contributed by atoms with E-state index in [1.807, 2.05) is 16.8 Å². The van der Waals surface area contributed by atoms with Crippen LogP contribution in [0.5, 0.6) is 0 Å². The van der Waals surface area contributed by atoms with Crippen molar-refractivity contribution >= 4 is 5.97 Å². The summed E-state index contributed by atoms with van der Waals surface area (Å²) < 4.78 is 6.52. The summed E-state index contributed by atoms with van der Waals surface area (Å²) in [4.78, 5) is 11.1. The number of carbonyl (C=O) groups excluding carboxylic acids is 1. The van der Waals surface area contributed by atoms with E-state index < -0.39 is 0 Å². The van der Waals surface area contributed by atoms with Gasteiger partial charge >= 0.3 is 5.97 Å². The van der Waals surface area contributed by atoms with Gasteiger partial charge in [0.15, 0.2) is 0 Å². The molecular formula is C9H13NO2. The van der Waals surface area contributed by atoms with E-state index in [4.69, 9.17) is 0 Å². The van der Waals surface area contributed by atoms with Gasteiger partial charge in [0.25, 0.3) is 0 Å². The summed E-state index contributed by atoms with van der Waals surface area (Å²) in [5.41, 5.74) is 0.624. The van der Waals surface area contributed by atoms with Gasteiger partial charge in [0.1, 0.15) is 5.69 Å². The van der Waals surface area contributed by atoms with Crippen molar-refractivity contribution in [3.8, 4) is 0 Å². The molecule has 0 aromatic carbocycles. The Kier molecular flexibility index (Phi) is 2.91. The summed E-state index contributed by atoms with van der Waals surface area (Å²) in [6, 6.07) is 3.61. The van der Waals surface area contributed by atoms with Crippen molar-refractivity contribution in [3.63, 3.8) is 0 Å². The van der Waals surface area contributed by atoms with Crippen molar-refractivity contribution in [1.29, 1.82) is 0 Å². The maximum absolute atomic E-state index is 11.1. The number of ether oxygens (including phenoxy) is 1. The summed E-state index contributed by atoms with van der Waals surface area (Å²) in [5.74, 6) is -0.270. The lowest BCUT2D eigenvalue weighted by molar-refractivity contribution is 0.0588. The fraction of sp³-hybridized carbons (Fsp3) is 0.444. The van der Waals surface area contributed by atoms with E-state index in [1.54, 1.807) is 6.07 Å². The zero-order chi connectivity index (χ0) is 8.97. The van der Waals surface area contributed by atoms with Gasteiger partial charge in [-0.25, -0.2) is 4.79 Å². The lowest BCUT2D eigenvalue weighted by Crippen LogP contribution is -2.09. The van der Waals surface area contributed by atoms with Crippen LogP contribution in [-0.2, 0) is 11.3 Å². The Hall–Kier alpha value is -1.25. The molecule has 0 radical (unpaired) electrons. The molecule has 12 heavy (non-hydrogen) atoms. The van der Waals surface area contributed by atoms with Crippen molar-refractivity contribution in [2.24, 2.45) is 0 Å². The Morgan fingerprint density at radius 2 is 2.42 bits per heavy atom.